The summed E-state index contributed by atoms with van der Waals surface area (Å²) in [5, 5.41) is 0. The van der Waals surface area contributed by atoms with Crippen LogP contribution in [-0.2, 0) is 14.3 Å². The van der Waals surface area contributed by atoms with Crippen molar-refractivity contribution in [3.05, 3.63) is 0 Å². The lowest BCUT2D eigenvalue weighted by Gasteiger charge is -2.32. The molecule has 0 aliphatic heterocycles. The van der Waals surface area contributed by atoms with E-state index in [-0.39, 0.29) is 18.2 Å². The van der Waals surface area contributed by atoms with E-state index in [1.54, 1.807) is 6.92 Å². The van der Waals surface area contributed by atoms with Crippen molar-refractivity contribution in [2.24, 2.45) is 23.5 Å². The third-order valence-corrected chi connectivity index (χ3v) is 4.46. The van der Waals surface area contributed by atoms with Crippen LogP contribution in [0.25, 0.3) is 0 Å². The Kier molecular flexibility index (Phi) is 8.40. The molecule has 4 heteroatoms. The Hall–Kier alpha value is -0.610. The largest absolute Gasteiger partial charge is 0.459 e. The maximum absolute atomic E-state index is 11.8. The van der Waals surface area contributed by atoms with Gasteiger partial charge in [-0.2, -0.15) is 0 Å². The molecule has 0 aromatic heterocycles. The van der Waals surface area contributed by atoms with E-state index in [0.29, 0.717) is 17.8 Å². The molecule has 0 aromatic carbocycles. The molecule has 0 radical (unpaired) electrons. The summed E-state index contributed by atoms with van der Waals surface area (Å²) in [5.41, 5.74) is 5.61. The number of hydrogen-bond acceptors (Lipinski definition) is 4. The van der Waals surface area contributed by atoms with E-state index in [1.165, 1.54) is 19.3 Å². The van der Waals surface area contributed by atoms with Gasteiger partial charge in [-0.25, -0.2) is 0 Å². The Morgan fingerprint density at radius 2 is 1.82 bits per heavy atom. The van der Waals surface area contributed by atoms with Crippen LogP contribution in [0, 0.1) is 17.8 Å². The minimum absolute atomic E-state index is 0.0213. The molecule has 1 rings (SSSR count). The summed E-state index contributed by atoms with van der Waals surface area (Å²) >= 11 is 0. The zero-order valence-electron chi connectivity index (χ0n) is 15.0. The van der Waals surface area contributed by atoms with E-state index in [4.69, 9.17) is 15.2 Å². The summed E-state index contributed by atoms with van der Waals surface area (Å²) < 4.78 is 11.7. The molecule has 2 N–H and O–H groups in total. The monoisotopic (exact) mass is 313 g/mol. The van der Waals surface area contributed by atoms with Crippen molar-refractivity contribution >= 4 is 5.97 Å². The molecule has 1 aliphatic rings. The highest BCUT2D eigenvalue weighted by Crippen LogP contribution is 2.32. The number of hydrogen-bond donors (Lipinski definition) is 1. The van der Waals surface area contributed by atoms with Gasteiger partial charge in [0.15, 0.2) is 0 Å². The number of carbonyl (C=O) groups is 1. The Morgan fingerprint density at radius 3 is 2.27 bits per heavy atom. The highest BCUT2D eigenvalue weighted by Gasteiger charge is 2.32. The second kappa shape index (κ2) is 9.51. The van der Waals surface area contributed by atoms with E-state index >= 15 is 0 Å². The number of carbonyl (C=O) groups excluding carboxylic acids is 1. The van der Waals surface area contributed by atoms with Crippen molar-refractivity contribution < 1.29 is 14.3 Å². The van der Waals surface area contributed by atoms with Crippen LogP contribution in [0.15, 0.2) is 0 Å². The van der Waals surface area contributed by atoms with E-state index in [1.807, 2.05) is 6.92 Å². The van der Waals surface area contributed by atoms with Gasteiger partial charge in [-0.15, -0.1) is 0 Å². The summed E-state index contributed by atoms with van der Waals surface area (Å²) in [6.07, 6.45) is 5.61. The first-order valence-corrected chi connectivity index (χ1v) is 8.92. The van der Waals surface area contributed by atoms with Gasteiger partial charge in [0.1, 0.15) is 12.1 Å². The molecule has 22 heavy (non-hydrogen) atoms. The second-order valence-electron chi connectivity index (χ2n) is 7.31. The number of ether oxygens (including phenoxy) is 2. The third-order valence-electron chi connectivity index (χ3n) is 4.46. The van der Waals surface area contributed by atoms with Crippen molar-refractivity contribution in [1.29, 1.82) is 0 Å². The molecule has 0 spiro atoms. The first-order chi connectivity index (χ1) is 10.3. The number of esters is 1. The summed E-state index contributed by atoms with van der Waals surface area (Å²) in [7, 11) is 0. The molecule has 1 aliphatic carbocycles. The van der Waals surface area contributed by atoms with Gasteiger partial charge in [0, 0.05) is 6.61 Å². The van der Waals surface area contributed by atoms with Gasteiger partial charge in [0.25, 0.3) is 0 Å². The standard InChI is InChI=1S/C18H35NO3/c1-6-16(10-7-12(2)3)17(21-11-15-8-9-15)14(5)22-18(20)13(4)19/h12-17H,6-11,19H2,1-5H3/t13-,14-,16+,17-/m0/s1. The van der Waals surface area contributed by atoms with Gasteiger partial charge in [0.2, 0.25) is 0 Å². The molecular formula is C18H35NO3. The van der Waals surface area contributed by atoms with Gasteiger partial charge in [0.05, 0.1) is 6.10 Å². The lowest BCUT2D eigenvalue weighted by Crippen LogP contribution is -2.41. The summed E-state index contributed by atoms with van der Waals surface area (Å²) in [6.45, 7) is 11.1. The van der Waals surface area contributed by atoms with Crippen LogP contribution in [0.3, 0.4) is 0 Å². The molecule has 0 heterocycles. The van der Waals surface area contributed by atoms with E-state index < -0.39 is 6.04 Å². The molecule has 0 saturated heterocycles. The quantitative estimate of drug-likeness (QED) is 0.593. The van der Waals surface area contributed by atoms with Crippen LogP contribution in [0.1, 0.15) is 66.7 Å². The zero-order chi connectivity index (χ0) is 16.7. The van der Waals surface area contributed by atoms with Crippen molar-refractivity contribution in [2.45, 2.75) is 85.0 Å². The van der Waals surface area contributed by atoms with Crippen molar-refractivity contribution in [2.75, 3.05) is 6.61 Å². The number of nitrogens with two attached hydrogens (primary N) is 1. The predicted molar refractivity (Wildman–Crippen MR) is 89.5 cm³/mol. The minimum Gasteiger partial charge on any atom is -0.459 e. The minimum atomic E-state index is -0.581. The van der Waals surface area contributed by atoms with Crippen molar-refractivity contribution in [1.82, 2.24) is 0 Å². The van der Waals surface area contributed by atoms with Gasteiger partial charge in [-0.05, 0) is 50.9 Å². The van der Waals surface area contributed by atoms with Crippen LogP contribution in [0.4, 0.5) is 0 Å². The Bertz CT molecular complexity index is 326. The normalized spacial score (nSPS) is 20.5. The maximum atomic E-state index is 11.8. The first-order valence-electron chi connectivity index (χ1n) is 8.92. The predicted octanol–water partition coefficient (Wildman–Crippen LogP) is 3.52. The first kappa shape index (κ1) is 19.4. The lowest BCUT2D eigenvalue weighted by molar-refractivity contribution is -0.161. The van der Waals surface area contributed by atoms with Crippen LogP contribution < -0.4 is 5.73 Å². The molecular weight excluding hydrogens is 278 g/mol. The fourth-order valence-electron chi connectivity index (χ4n) is 2.69. The van der Waals surface area contributed by atoms with Crippen molar-refractivity contribution in [3.63, 3.8) is 0 Å². The Morgan fingerprint density at radius 1 is 1.18 bits per heavy atom. The molecule has 130 valence electrons. The molecule has 4 nitrogen and oxygen atoms in total. The molecule has 0 amide bonds. The van der Waals surface area contributed by atoms with Gasteiger partial charge in [-0.3, -0.25) is 4.79 Å². The van der Waals surface area contributed by atoms with Crippen LogP contribution in [0.2, 0.25) is 0 Å². The Labute approximate surface area is 136 Å². The van der Waals surface area contributed by atoms with E-state index in [2.05, 4.69) is 20.8 Å². The molecule has 4 atom stereocenters. The molecule has 1 saturated carbocycles. The number of rotatable bonds is 11. The molecule has 1 fully saturated rings. The Balaban J connectivity index is 2.63. The topological polar surface area (TPSA) is 61.5 Å². The maximum Gasteiger partial charge on any atom is 0.322 e. The molecule has 0 aromatic rings. The average Bonchev–Trinajstić information content (AvgIpc) is 3.25. The van der Waals surface area contributed by atoms with Gasteiger partial charge < -0.3 is 15.2 Å². The lowest BCUT2D eigenvalue weighted by atomic mass is 9.88. The summed E-state index contributed by atoms with van der Waals surface area (Å²) in [6, 6.07) is -0.581. The fraction of sp³-hybridized carbons (Fsp3) is 0.944. The second-order valence-corrected chi connectivity index (χ2v) is 7.31. The molecule has 0 bridgehead atoms. The highest BCUT2D eigenvalue weighted by atomic mass is 16.6. The van der Waals surface area contributed by atoms with E-state index in [0.717, 1.165) is 19.4 Å². The molecule has 0 unspecified atom stereocenters. The average molecular weight is 313 g/mol. The smallest absolute Gasteiger partial charge is 0.322 e. The van der Waals surface area contributed by atoms with Crippen LogP contribution in [-0.4, -0.2) is 30.8 Å². The van der Waals surface area contributed by atoms with Gasteiger partial charge >= 0.3 is 5.97 Å². The van der Waals surface area contributed by atoms with Crippen LogP contribution >= 0.6 is 0 Å². The third kappa shape index (κ3) is 7.10. The summed E-state index contributed by atoms with van der Waals surface area (Å²) in [5.74, 6) is 1.48. The highest BCUT2D eigenvalue weighted by molar-refractivity contribution is 5.75. The van der Waals surface area contributed by atoms with E-state index in [9.17, 15) is 4.79 Å². The van der Waals surface area contributed by atoms with Crippen molar-refractivity contribution in [3.8, 4) is 0 Å². The summed E-state index contributed by atoms with van der Waals surface area (Å²) in [4.78, 5) is 11.8. The van der Waals surface area contributed by atoms with Gasteiger partial charge in [-0.1, -0.05) is 33.6 Å². The fourth-order valence-corrected chi connectivity index (χ4v) is 2.69. The van der Waals surface area contributed by atoms with Crippen LogP contribution in [0.5, 0.6) is 0 Å². The zero-order valence-corrected chi connectivity index (χ0v) is 15.0. The SMILES string of the molecule is CC[C@H](CCC(C)C)[C@@H](OCC1CC1)[C@H](C)OC(=O)[C@H](C)N.